The lowest BCUT2D eigenvalue weighted by atomic mass is 10.2. The Hall–Kier alpha value is -2.02. The van der Waals surface area contributed by atoms with Crippen molar-refractivity contribution in [3.63, 3.8) is 0 Å². The van der Waals surface area contributed by atoms with E-state index < -0.39 is 4.92 Å². The molecule has 7 heteroatoms. The Morgan fingerprint density at radius 1 is 1.39 bits per heavy atom. The molecule has 2 N–H and O–H groups in total. The van der Waals surface area contributed by atoms with Crippen molar-refractivity contribution in [1.82, 2.24) is 0 Å². The van der Waals surface area contributed by atoms with Crippen molar-refractivity contribution in [1.29, 1.82) is 0 Å². The van der Waals surface area contributed by atoms with Gasteiger partial charge in [0.25, 0.3) is 5.69 Å². The number of nitrogens with zero attached hydrogens (tertiary/aromatic N) is 2. The monoisotopic (exact) mass is 253 g/mol. The number of anilines is 1. The first-order chi connectivity index (χ1) is 8.63. The second-order valence-electron chi connectivity index (χ2n) is 3.95. The number of fused-ring (bicyclic) bond motifs is 1. The highest BCUT2D eigenvalue weighted by Crippen LogP contribution is 2.40. The summed E-state index contributed by atoms with van der Waals surface area (Å²) in [5.41, 5.74) is 5.94. The third-order valence-corrected chi connectivity index (χ3v) is 2.71. The molecule has 0 bridgehead atoms. The molecule has 0 radical (unpaired) electrons. The third-order valence-electron chi connectivity index (χ3n) is 2.71. The van der Waals surface area contributed by atoms with Gasteiger partial charge in [0.1, 0.15) is 18.9 Å². The van der Waals surface area contributed by atoms with E-state index in [9.17, 15) is 10.1 Å². The van der Waals surface area contributed by atoms with E-state index in [0.29, 0.717) is 43.5 Å². The number of nitro groups is 1. The highest BCUT2D eigenvalue weighted by molar-refractivity contribution is 5.69. The summed E-state index contributed by atoms with van der Waals surface area (Å²) in [6.45, 7) is 1.80. The average molecular weight is 253 g/mol. The first-order valence-corrected chi connectivity index (χ1v) is 5.62. The number of ether oxygens (including phenoxy) is 2. The maximum Gasteiger partial charge on any atom is 0.296 e. The van der Waals surface area contributed by atoms with Crippen LogP contribution in [0.25, 0.3) is 0 Å². The topological polar surface area (TPSA) is 90.9 Å². The van der Waals surface area contributed by atoms with E-state index >= 15 is 0 Å². The molecule has 1 heterocycles. The summed E-state index contributed by atoms with van der Waals surface area (Å²) in [5.74, 6) is 0.948. The highest BCUT2D eigenvalue weighted by Gasteiger charge is 2.24. The molecule has 7 nitrogen and oxygen atoms in total. The van der Waals surface area contributed by atoms with E-state index in [1.54, 1.807) is 18.0 Å². The Bertz CT molecular complexity index is 464. The molecule has 0 fully saturated rings. The van der Waals surface area contributed by atoms with Crippen molar-refractivity contribution in [2.45, 2.75) is 0 Å². The van der Waals surface area contributed by atoms with Crippen LogP contribution in [0.4, 0.5) is 11.4 Å². The Morgan fingerprint density at radius 2 is 2.00 bits per heavy atom. The lowest BCUT2D eigenvalue weighted by Gasteiger charge is -2.23. The molecule has 0 atom stereocenters. The SMILES string of the molecule is CN(CCN)c1cc2c(cc1[N+](=O)[O-])OCCO2. The van der Waals surface area contributed by atoms with Crippen LogP contribution in [0, 0.1) is 10.1 Å². The van der Waals surface area contributed by atoms with Gasteiger partial charge in [-0.3, -0.25) is 10.1 Å². The van der Waals surface area contributed by atoms with E-state index in [4.69, 9.17) is 15.2 Å². The van der Waals surface area contributed by atoms with Crippen molar-refractivity contribution in [3.05, 3.63) is 22.2 Å². The normalized spacial score (nSPS) is 13.2. The van der Waals surface area contributed by atoms with Crippen LogP contribution in [0.2, 0.25) is 0 Å². The van der Waals surface area contributed by atoms with Crippen LogP contribution in [-0.4, -0.2) is 38.3 Å². The zero-order valence-electron chi connectivity index (χ0n) is 10.1. The minimum Gasteiger partial charge on any atom is -0.486 e. The number of rotatable bonds is 4. The molecule has 98 valence electrons. The number of hydrogen-bond acceptors (Lipinski definition) is 6. The molecule has 1 aromatic rings. The van der Waals surface area contributed by atoms with Gasteiger partial charge in [-0.25, -0.2) is 0 Å². The molecule has 0 aromatic heterocycles. The van der Waals surface area contributed by atoms with Crippen LogP contribution < -0.4 is 20.1 Å². The number of likely N-dealkylation sites (N-methyl/N-ethyl adjacent to an activating group) is 1. The first kappa shape index (κ1) is 12.4. The molecule has 1 aliphatic rings. The van der Waals surface area contributed by atoms with Crippen LogP contribution >= 0.6 is 0 Å². The first-order valence-electron chi connectivity index (χ1n) is 5.62. The summed E-state index contributed by atoms with van der Waals surface area (Å²) >= 11 is 0. The van der Waals surface area contributed by atoms with Crippen molar-refractivity contribution >= 4 is 11.4 Å². The molecule has 1 aromatic carbocycles. The minimum absolute atomic E-state index is 0.00444. The van der Waals surface area contributed by atoms with E-state index in [-0.39, 0.29) is 5.69 Å². The number of nitrogens with two attached hydrogens (primary N) is 1. The fourth-order valence-electron chi connectivity index (χ4n) is 1.83. The average Bonchev–Trinajstić information content (AvgIpc) is 2.37. The molecule has 1 aliphatic heterocycles. The fourth-order valence-corrected chi connectivity index (χ4v) is 1.83. The highest BCUT2D eigenvalue weighted by atomic mass is 16.6. The molecular weight excluding hydrogens is 238 g/mol. The van der Waals surface area contributed by atoms with Crippen LogP contribution in [-0.2, 0) is 0 Å². The van der Waals surface area contributed by atoms with Gasteiger partial charge in [0.2, 0.25) is 0 Å². The van der Waals surface area contributed by atoms with Gasteiger partial charge in [-0.1, -0.05) is 0 Å². The Morgan fingerprint density at radius 3 is 2.56 bits per heavy atom. The van der Waals surface area contributed by atoms with Gasteiger partial charge >= 0.3 is 0 Å². The summed E-state index contributed by atoms with van der Waals surface area (Å²) in [6, 6.07) is 3.03. The second-order valence-corrected chi connectivity index (χ2v) is 3.95. The predicted octanol–water partition coefficient (Wildman–Crippen LogP) is 0.761. The zero-order valence-corrected chi connectivity index (χ0v) is 10.1. The molecule has 0 saturated heterocycles. The number of hydrogen-bond donors (Lipinski definition) is 1. The molecule has 18 heavy (non-hydrogen) atoms. The van der Waals surface area contributed by atoms with Crippen molar-refractivity contribution in [3.8, 4) is 11.5 Å². The van der Waals surface area contributed by atoms with Crippen molar-refractivity contribution in [2.24, 2.45) is 5.73 Å². The van der Waals surface area contributed by atoms with Gasteiger partial charge in [0.15, 0.2) is 11.5 Å². The van der Waals surface area contributed by atoms with Gasteiger partial charge in [-0.2, -0.15) is 0 Å². The number of benzene rings is 1. The van der Waals surface area contributed by atoms with Crippen LogP contribution in [0.15, 0.2) is 12.1 Å². The summed E-state index contributed by atoms with van der Waals surface area (Å²) in [4.78, 5) is 12.4. The Kier molecular flexibility index (Phi) is 3.52. The molecule has 0 amide bonds. The summed E-state index contributed by atoms with van der Waals surface area (Å²) in [5, 5.41) is 11.1. The molecule has 0 unspecified atom stereocenters. The maximum atomic E-state index is 11.1. The van der Waals surface area contributed by atoms with E-state index in [1.165, 1.54) is 6.07 Å². The number of nitro benzene ring substituents is 1. The Balaban J connectivity index is 2.45. The van der Waals surface area contributed by atoms with Gasteiger partial charge in [-0.15, -0.1) is 0 Å². The standard InChI is InChI=1S/C11H15N3O4/c1-13(3-2-12)8-6-10-11(18-5-4-17-10)7-9(8)14(15)16/h6-7H,2-5,12H2,1H3. The summed E-state index contributed by atoms with van der Waals surface area (Å²) < 4.78 is 10.8. The van der Waals surface area contributed by atoms with Gasteiger partial charge < -0.3 is 20.1 Å². The predicted molar refractivity (Wildman–Crippen MR) is 66.4 cm³/mol. The third kappa shape index (κ3) is 2.30. The maximum absolute atomic E-state index is 11.1. The Labute approximate surface area is 104 Å². The molecule has 0 spiro atoms. The van der Waals surface area contributed by atoms with Crippen LogP contribution in [0.1, 0.15) is 0 Å². The van der Waals surface area contributed by atoms with E-state index in [1.807, 2.05) is 0 Å². The lowest BCUT2D eigenvalue weighted by Crippen LogP contribution is -2.26. The van der Waals surface area contributed by atoms with Gasteiger partial charge in [0.05, 0.1) is 11.0 Å². The molecule has 0 saturated carbocycles. The van der Waals surface area contributed by atoms with Crippen LogP contribution in [0.3, 0.4) is 0 Å². The minimum atomic E-state index is -0.430. The molecule has 0 aliphatic carbocycles. The van der Waals surface area contributed by atoms with Crippen molar-refractivity contribution < 1.29 is 14.4 Å². The quantitative estimate of drug-likeness (QED) is 0.629. The summed E-state index contributed by atoms with van der Waals surface area (Å²) in [6.07, 6.45) is 0. The fraction of sp³-hybridized carbons (Fsp3) is 0.455. The van der Waals surface area contributed by atoms with Gasteiger partial charge in [0, 0.05) is 26.2 Å². The molecular formula is C11H15N3O4. The van der Waals surface area contributed by atoms with Crippen molar-refractivity contribution in [2.75, 3.05) is 38.3 Å². The zero-order chi connectivity index (χ0) is 13.1. The summed E-state index contributed by atoms with van der Waals surface area (Å²) in [7, 11) is 1.76. The molecule has 2 rings (SSSR count). The van der Waals surface area contributed by atoms with E-state index in [2.05, 4.69) is 0 Å². The van der Waals surface area contributed by atoms with E-state index in [0.717, 1.165) is 0 Å². The lowest BCUT2D eigenvalue weighted by molar-refractivity contribution is -0.384. The van der Waals surface area contributed by atoms with Crippen LogP contribution in [0.5, 0.6) is 11.5 Å². The smallest absolute Gasteiger partial charge is 0.296 e. The largest absolute Gasteiger partial charge is 0.486 e. The van der Waals surface area contributed by atoms with Gasteiger partial charge in [-0.05, 0) is 0 Å². The second kappa shape index (κ2) is 5.09.